The standard InChI is InChI=1S/C18H32N4O2S.HI/c1-7-19-17(21-14-18(2,3)22(4)5)20-13-12-15-8-10-16(11-9-15)25(6,23)24;/h8-11H,7,12-14H2,1-6H3,(H2,19,20,21);1H. The van der Waals surface area contributed by atoms with E-state index in [-0.39, 0.29) is 29.5 Å². The molecule has 0 heterocycles. The van der Waals surface area contributed by atoms with Crippen LogP contribution in [-0.4, -0.2) is 64.8 Å². The molecule has 0 spiro atoms. The Kier molecular flexibility index (Phi) is 10.7. The number of aliphatic imine (C=N–C) groups is 1. The van der Waals surface area contributed by atoms with Crippen molar-refractivity contribution in [1.29, 1.82) is 0 Å². The molecule has 0 unspecified atom stereocenters. The fourth-order valence-electron chi connectivity index (χ4n) is 1.98. The van der Waals surface area contributed by atoms with Gasteiger partial charge in [0, 0.05) is 24.9 Å². The normalized spacial score (nSPS) is 12.7. The summed E-state index contributed by atoms with van der Waals surface area (Å²) < 4.78 is 23.0. The molecule has 0 bridgehead atoms. The molecule has 0 fully saturated rings. The number of sulfone groups is 1. The Morgan fingerprint density at radius 1 is 1.15 bits per heavy atom. The Labute approximate surface area is 175 Å². The molecular formula is C18H33IN4O2S. The third-order valence-corrected chi connectivity index (χ3v) is 5.37. The first-order chi connectivity index (χ1) is 11.6. The smallest absolute Gasteiger partial charge is 0.191 e. The number of hydrogen-bond acceptors (Lipinski definition) is 4. The van der Waals surface area contributed by atoms with Crippen molar-refractivity contribution in [1.82, 2.24) is 15.5 Å². The third-order valence-electron chi connectivity index (χ3n) is 4.24. The number of halogens is 1. The van der Waals surface area contributed by atoms with E-state index in [9.17, 15) is 8.42 Å². The summed E-state index contributed by atoms with van der Waals surface area (Å²) in [5.41, 5.74) is 1.08. The van der Waals surface area contributed by atoms with Gasteiger partial charge in [-0.25, -0.2) is 8.42 Å². The summed E-state index contributed by atoms with van der Waals surface area (Å²) in [6, 6.07) is 7.03. The summed E-state index contributed by atoms with van der Waals surface area (Å²) in [6.07, 6.45) is 2.02. The summed E-state index contributed by atoms with van der Waals surface area (Å²) in [6.45, 7) is 8.58. The lowest BCUT2D eigenvalue weighted by Crippen LogP contribution is -2.44. The lowest BCUT2D eigenvalue weighted by Gasteiger charge is -2.31. The van der Waals surface area contributed by atoms with E-state index in [1.54, 1.807) is 12.1 Å². The minimum Gasteiger partial charge on any atom is -0.357 e. The first-order valence-corrected chi connectivity index (χ1v) is 10.4. The zero-order valence-corrected chi connectivity index (χ0v) is 19.8. The molecule has 0 radical (unpaired) electrons. The molecule has 0 saturated carbocycles. The van der Waals surface area contributed by atoms with Gasteiger partial charge in [-0.05, 0) is 59.0 Å². The first-order valence-electron chi connectivity index (χ1n) is 8.55. The van der Waals surface area contributed by atoms with Crippen LogP contribution in [0.5, 0.6) is 0 Å². The van der Waals surface area contributed by atoms with Crippen LogP contribution in [-0.2, 0) is 16.3 Å². The zero-order chi connectivity index (χ0) is 19.1. The molecule has 8 heteroatoms. The van der Waals surface area contributed by atoms with Crippen LogP contribution in [0.3, 0.4) is 0 Å². The highest BCUT2D eigenvalue weighted by Gasteiger charge is 2.19. The summed E-state index contributed by atoms with van der Waals surface area (Å²) >= 11 is 0. The number of benzene rings is 1. The van der Waals surface area contributed by atoms with Crippen LogP contribution < -0.4 is 10.6 Å². The van der Waals surface area contributed by atoms with Gasteiger partial charge >= 0.3 is 0 Å². The van der Waals surface area contributed by atoms with Gasteiger partial charge in [-0.3, -0.25) is 4.99 Å². The highest BCUT2D eigenvalue weighted by Crippen LogP contribution is 2.11. The molecule has 0 amide bonds. The molecule has 26 heavy (non-hydrogen) atoms. The van der Waals surface area contributed by atoms with Crippen LogP contribution in [0, 0.1) is 0 Å². The monoisotopic (exact) mass is 496 g/mol. The molecule has 1 aromatic carbocycles. The maximum Gasteiger partial charge on any atom is 0.191 e. The Balaban J connectivity index is 0.00000625. The average molecular weight is 496 g/mol. The molecule has 0 atom stereocenters. The molecule has 6 nitrogen and oxygen atoms in total. The van der Waals surface area contributed by atoms with Crippen molar-refractivity contribution < 1.29 is 8.42 Å². The second kappa shape index (κ2) is 11.1. The number of nitrogens with one attached hydrogen (secondary N) is 2. The third kappa shape index (κ3) is 8.68. The van der Waals surface area contributed by atoms with Gasteiger partial charge < -0.3 is 15.5 Å². The van der Waals surface area contributed by atoms with E-state index >= 15 is 0 Å². The minimum absolute atomic E-state index is 0. The van der Waals surface area contributed by atoms with Gasteiger partial charge in [0.05, 0.1) is 11.4 Å². The van der Waals surface area contributed by atoms with Crippen LogP contribution in [0.15, 0.2) is 34.2 Å². The van der Waals surface area contributed by atoms with Crippen molar-refractivity contribution >= 4 is 39.8 Å². The fraction of sp³-hybridized carbons (Fsp3) is 0.611. The summed E-state index contributed by atoms with van der Waals surface area (Å²) in [5, 5.41) is 6.58. The van der Waals surface area contributed by atoms with Gasteiger partial charge in [-0.15, -0.1) is 24.0 Å². The van der Waals surface area contributed by atoms with Crippen LogP contribution in [0.2, 0.25) is 0 Å². The van der Waals surface area contributed by atoms with Crippen LogP contribution in [0.4, 0.5) is 0 Å². The van der Waals surface area contributed by atoms with Gasteiger partial charge in [0.15, 0.2) is 15.8 Å². The molecule has 0 saturated heterocycles. The van der Waals surface area contributed by atoms with E-state index in [2.05, 4.69) is 48.5 Å². The number of likely N-dealkylation sites (N-methyl/N-ethyl adjacent to an activating group) is 1. The fourth-order valence-corrected chi connectivity index (χ4v) is 2.61. The van der Waals surface area contributed by atoms with Gasteiger partial charge in [-0.2, -0.15) is 0 Å². The first kappa shape index (κ1) is 25.1. The Hall–Kier alpha value is -0.870. The van der Waals surface area contributed by atoms with Gasteiger partial charge in [0.1, 0.15) is 0 Å². The highest BCUT2D eigenvalue weighted by molar-refractivity contribution is 14.0. The van der Waals surface area contributed by atoms with Crippen molar-refractivity contribution in [2.45, 2.75) is 37.6 Å². The van der Waals surface area contributed by atoms with Crippen LogP contribution in [0.25, 0.3) is 0 Å². The molecule has 1 rings (SSSR count). The number of guanidine groups is 1. The van der Waals surface area contributed by atoms with Gasteiger partial charge in [0.2, 0.25) is 0 Å². The van der Waals surface area contributed by atoms with E-state index in [4.69, 9.17) is 0 Å². The van der Waals surface area contributed by atoms with Crippen molar-refractivity contribution in [2.24, 2.45) is 4.99 Å². The van der Waals surface area contributed by atoms with Crippen LogP contribution in [0.1, 0.15) is 26.3 Å². The molecule has 150 valence electrons. The van der Waals surface area contributed by atoms with E-state index < -0.39 is 9.84 Å². The summed E-state index contributed by atoms with van der Waals surface area (Å²) in [5.74, 6) is 0.796. The molecule has 0 aromatic heterocycles. The Morgan fingerprint density at radius 2 is 1.73 bits per heavy atom. The number of hydrogen-bond donors (Lipinski definition) is 2. The van der Waals surface area contributed by atoms with Crippen molar-refractivity contribution in [3.63, 3.8) is 0 Å². The topological polar surface area (TPSA) is 73.8 Å². The highest BCUT2D eigenvalue weighted by atomic mass is 127. The lowest BCUT2D eigenvalue weighted by atomic mass is 10.1. The molecule has 1 aromatic rings. The van der Waals surface area contributed by atoms with E-state index in [0.29, 0.717) is 11.4 Å². The molecule has 0 aliphatic heterocycles. The number of rotatable bonds is 8. The van der Waals surface area contributed by atoms with Crippen LogP contribution >= 0.6 is 24.0 Å². The predicted molar refractivity (Wildman–Crippen MR) is 120 cm³/mol. The zero-order valence-electron chi connectivity index (χ0n) is 16.7. The molecule has 0 aliphatic rings. The maximum absolute atomic E-state index is 11.5. The molecule has 0 aliphatic carbocycles. The van der Waals surface area contributed by atoms with Gasteiger partial charge in [-0.1, -0.05) is 12.1 Å². The number of nitrogens with zero attached hydrogens (tertiary/aromatic N) is 2. The van der Waals surface area contributed by atoms with E-state index in [1.165, 1.54) is 6.26 Å². The quantitative estimate of drug-likeness (QED) is 0.328. The van der Waals surface area contributed by atoms with Gasteiger partial charge in [0.25, 0.3) is 0 Å². The van der Waals surface area contributed by atoms with Crippen molar-refractivity contribution in [3.05, 3.63) is 29.8 Å². The largest absolute Gasteiger partial charge is 0.357 e. The molecular weight excluding hydrogens is 463 g/mol. The summed E-state index contributed by atoms with van der Waals surface area (Å²) in [4.78, 5) is 7.17. The second-order valence-corrected chi connectivity index (χ2v) is 9.01. The lowest BCUT2D eigenvalue weighted by molar-refractivity contribution is 0.204. The van der Waals surface area contributed by atoms with Crippen molar-refractivity contribution in [2.75, 3.05) is 40.0 Å². The molecule has 2 N–H and O–H groups in total. The summed E-state index contributed by atoms with van der Waals surface area (Å²) in [7, 11) is 0.965. The maximum atomic E-state index is 11.5. The Morgan fingerprint density at radius 3 is 2.19 bits per heavy atom. The second-order valence-electron chi connectivity index (χ2n) is 6.99. The average Bonchev–Trinajstić information content (AvgIpc) is 2.52. The minimum atomic E-state index is -3.14. The SMILES string of the molecule is CCNC(=NCC(C)(C)N(C)C)NCCc1ccc(S(C)(=O)=O)cc1.I. The van der Waals surface area contributed by atoms with E-state index in [1.807, 2.05) is 19.1 Å². The van der Waals surface area contributed by atoms with E-state index in [0.717, 1.165) is 31.0 Å². The van der Waals surface area contributed by atoms with Crippen molar-refractivity contribution in [3.8, 4) is 0 Å². The Bertz CT molecular complexity index is 671. The predicted octanol–water partition coefficient (Wildman–Crippen LogP) is 2.15.